The maximum absolute atomic E-state index is 12.5. The third-order valence-electron chi connectivity index (χ3n) is 3.32. The number of hydrogen-bond acceptors (Lipinski definition) is 2. The van der Waals surface area contributed by atoms with Crippen molar-refractivity contribution in [2.75, 3.05) is 0 Å². The lowest BCUT2D eigenvalue weighted by molar-refractivity contribution is -0.157. The number of rotatable bonds is 7. The molecular formula is C18H27BrO2. The van der Waals surface area contributed by atoms with Crippen LogP contribution in [0, 0.1) is 0 Å². The van der Waals surface area contributed by atoms with Gasteiger partial charge in [-0.2, -0.15) is 0 Å². The number of alkyl halides is 1. The second-order valence-corrected chi connectivity index (χ2v) is 7.02. The van der Waals surface area contributed by atoms with Gasteiger partial charge in [0.25, 0.3) is 0 Å². The smallest absolute Gasteiger partial charge is 0.313 e. The standard InChI is InChI=1S/C18H27BrO2/c1-5-6-7-8-16(17(20)21-18(2,3)4)15-11-9-14(13-19)10-12-15/h9-12,16H,5-8,13H2,1-4H3. The molecule has 1 rings (SSSR count). The van der Waals surface area contributed by atoms with Crippen LogP contribution in [-0.4, -0.2) is 11.6 Å². The average Bonchev–Trinajstić information content (AvgIpc) is 2.42. The van der Waals surface area contributed by atoms with Crippen molar-refractivity contribution in [1.29, 1.82) is 0 Å². The number of unbranched alkanes of at least 4 members (excludes halogenated alkanes) is 2. The Kier molecular flexibility index (Phi) is 7.44. The Bertz CT molecular complexity index is 432. The zero-order valence-corrected chi connectivity index (χ0v) is 15.2. The van der Waals surface area contributed by atoms with Gasteiger partial charge in [0.2, 0.25) is 0 Å². The van der Waals surface area contributed by atoms with Gasteiger partial charge in [0.1, 0.15) is 5.60 Å². The summed E-state index contributed by atoms with van der Waals surface area (Å²) in [4.78, 5) is 12.5. The Balaban J connectivity index is 2.86. The number of esters is 1. The van der Waals surface area contributed by atoms with Crippen molar-refractivity contribution in [3.8, 4) is 0 Å². The second-order valence-electron chi connectivity index (χ2n) is 6.46. The minimum Gasteiger partial charge on any atom is -0.459 e. The lowest BCUT2D eigenvalue weighted by Gasteiger charge is -2.24. The minimum absolute atomic E-state index is 0.106. The SMILES string of the molecule is CCCCCC(C(=O)OC(C)(C)C)c1ccc(CBr)cc1. The predicted molar refractivity (Wildman–Crippen MR) is 91.8 cm³/mol. The van der Waals surface area contributed by atoms with Crippen LogP contribution in [0.2, 0.25) is 0 Å². The van der Waals surface area contributed by atoms with Crippen molar-refractivity contribution in [1.82, 2.24) is 0 Å². The lowest BCUT2D eigenvalue weighted by Crippen LogP contribution is -2.28. The molecule has 118 valence electrons. The first kappa shape index (κ1) is 18.2. The van der Waals surface area contributed by atoms with Crippen LogP contribution in [0.5, 0.6) is 0 Å². The molecule has 1 aromatic carbocycles. The first-order valence-corrected chi connectivity index (χ1v) is 8.87. The molecular weight excluding hydrogens is 328 g/mol. The van der Waals surface area contributed by atoms with Gasteiger partial charge in [0.15, 0.2) is 0 Å². The minimum atomic E-state index is -0.435. The zero-order chi connectivity index (χ0) is 15.9. The Hall–Kier alpha value is -0.830. The quantitative estimate of drug-likeness (QED) is 0.362. The molecule has 0 aliphatic heterocycles. The first-order chi connectivity index (χ1) is 9.87. The molecule has 0 aromatic heterocycles. The van der Waals surface area contributed by atoms with Crippen molar-refractivity contribution in [3.05, 3.63) is 35.4 Å². The number of halogens is 1. The Morgan fingerprint density at radius 3 is 2.29 bits per heavy atom. The van der Waals surface area contributed by atoms with Crippen LogP contribution < -0.4 is 0 Å². The average molecular weight is 355 g/mol. The van der Waals surface area contributed by atoms with Gasteiger partial charge in [-0.1, -0.05) is 66.4 Å². The van der Waals surface area contributed by atoms with Gasteiger partial charge >= 0.3 is 5.97 Å². The van der Waals surface area contributed by atoms with Crippen molar-refractivity contribution >= 4 is 21.9 Å². The van der Waals surface area contributed by atoms with Crippen molar-refractivity contribution < 1.29 is 9.53 Å². The fourth-order valence-corrected chi connectivity index (χ4v) is 2.60. The fraction of sp³-hybridized carbons (Fsp3) is 0.611. The molecule has 2 nitrogen and oxygen atoms in total. The number of hydrogen-bond donors (Lipinski definition) is 0. The number of benzene rings is 1. The van der Waals surface area contributed by atoms with Gasteiger partial charge < -0.3 is 4.74 Å². The van der Waals surface area contributed by atoms with Gasteiger partial charge in [0, 0.05) is 5.33 Å². The van der Waals surface area contributed by atoms with E-state index in [2.05, 4.69) is 47.1 Å². The molecule has 0 aliphatic rings. The molecule has 0 radical (unpaired) electrons. The highest BCUT2D eigenvalue weighted by Gasteiger charge is 2.26. The molecule has 0 amide bonds. The third kappa shape index (κ3) is 6.64. The van der Waals surface area contributed by atoms with E-state index in [1.165, 1.54) is 5.56 Å². The van der Waals surface area contributed by atoms with Crippen LogP contribution in [0.1, 0.15) is 70.4 Å². The highest BCUT2D eigenvalue weighted by atomic mass is 79.9. The summed E-state index contributed by atoms with van der Waals surface area (Å²) in [6.45, 7) is 7.93. The van der Waals surface area contributed by atoms with E-state index in [9.17, 15) is 4.79 Å². The van der Waals surface area contributed by atoms with E-state index < -0.39 is 5.60 Å². The number of carbonyl (C=O) groups excluding carboxylic acids is 1. The van der Waals surface area contributed by atoms with Crippen LogP contribution in [0.25, 0.3) is 0 Å². The van der Waals surface area contributed by atoms with E-state index in [4.69, 9.17) is 4.74 Å². The fourth-order valence-electron chi connectivity index (χ4n) is 2.23. The molecule has 0 fully saturated rings. The molecule has 0 heterocycles. The van der Waals surface area contributed by atoms with Gasteiger partial charge in [-0.3, -0.25) is 4.79 Å². The Morgan fingerprint density at radius 1 is 1.19 bits per heavy atom. The van der Waals surface area contributed by atoms with Gasteiger partial charge in [-0.15, -0.1) is 0 Å². The van der Waals surface area contributed by atoms with E-state index in [0.717, 1.165) is 36.6 Å². The molecule has 1 aromatic rings. The molecule has 0 bridgehead atoms. The van der Waals surface area contributed by atoms with Gasteiger partial charge in [-0.25, -0.2) is 0 Å². The highest BCUT2D eigenvalue weighted by Crippen LogP contribution is 2.27. The number of carbonyl (C=O) groups is 1. The van der Waals surface area contributed by atoms with Crippen LogP contribution in [0.3, 0.4) is 0 Å². The zero-order valence-electron chi connectivity index (χ0n) is 13.6. The van der Waals surface area contributed by atoms with Crippen molar-refractivity contribution in [2.45, 2.75) is 70.2 Å². The second kappa shape index (κ2) is 8.57. The summed E-state index contributed by atoms with van der Waals surface area (Å²) in [5.41, 5.74) is 1.84. The van der Waals surface area contributed by atoms with Crippen LogP contribution in [-0.2, 0) is 14.9 Å². The maximum atomic E-state index is 12.5. The normalized spacial score (nSPS) is 13.0. The van der Waals surface area contributed by atoms with E-state index in [-0.39, 0.29) is 11.9 Å². The van der Waals surface area contributed by atoms with E-state index in [0.29, 0.717) is 0 Å². The topological polar surface area (TPSA) is 26.3 Å². The van der Waals surface area contributed by atoms with Gasteiger partial charge in [-0.05, 0) is 38.3 Å². The van der Waals surface area contributed by atoms with E-state index >= 15 is 0 Å². The Labute approximate surface area is 137 Å². The van der Waals surface area contributed by atoms with Crippen LogP contribution in [0.4, 0.5) is 0 Å². The summed E-state index contributed by atoms with van der Waals surface area (Å²) < 4.78 is 5.59. The lowest BCUT2D eigenvalue weighted by atomic mass is 9.92. The molecule has 0 spiro atoms. The summed E-state index contributed by atoms with van der Waals surface area (Å²) in [6.07, 6.45) is 4.22. The van der Waals surface area contributed by atoms with E-state index in [1.54, 1.807) is 0 Å². The maximum Gasteiger partial charge on any atom is 0.313 e. The highest BCUT2D eigenvalue weighted by molar-refractivity contribution is 9.08. The molecule has 0 saturated heterocycles. The van der Waals surface area contributed by atoms with E-state index in [1.807, 2.05) is 20.8 Å². The largest absolute Gasteiger partial charge is 0.459 e. The first-order valence-electron chi connectivity index (χ1n) is 7.75. The Morgan fingerprint density at radius 2 is 1.81 bits per heavy atom. The molecule has 0 aliphatic carbocycles. The molecule has 0 N–H and O–H groups in total. The summed E-state index contributed by atoms with van der Waals surface area (Å²) in [5.74, 6) is -0.259. The van der Waals surface area contributed by atoms with Crippen molar-refractivity contribution in [3.63, 3.8) is 0 Å². The third-order valence-corrected chi connectivity index (χ3v) is 3.97. The summed E-state index contributed by atoms with van der Waals surface area (Å²) in [6, 6.07) is 8.25. The summed E-state index contributed by atoms with van der Waals surface area (Å²) in [7, 11) is 0. The molecule has 3 heteroatoms. The molecule has 0 saturated carbocycles. The number of ether oxygens (including phenoxy) is 1. The molecule has 1 atom stereocenters. The molecule has 1 unspecified atom stereocenters. The monoisotopic (exact) mass is 354 g/mol. The van der Waals surface area contributed by atoms with Crippen molar-refractivity contribution in [2.24, 2.45) is 0 Å². The molecule has 21 heavy (non-hydrogen) atoms. The van der Waals surface area contributed by atoms with Crippen LogP contribution in [0.15, 0.2) is 24.3 Å². The van der Waals surface area contributed by atoms with Crippen LogP contribution >= 0.6 is 15.9 Å². The summed E-state index contributed by atoms with van der Waals surface area (Å²) >= 11 is 3.45. The summed E-state index contributed by atoms with van der Waals surface area (Å²) in [5, 5.41) is 0.834. The predicted octanol–water partition coefficient (Wildman–Crippen LogP) is 5.59. The van der Waals surface area contributed by atoms with Gasteiger partial charge in [0.05, 0.1) is 5.92 Å².